The number of carbonyl (C=O) groups excluding carboxylic acids is 1. The SMILES string of the molecule is Cn1cc(O)c(=O)cc1C(N)=O. The number of nitrogens with zero attached hydrogens (tertiary/aromatic N) is 1. The fourth-order valence-electron chi connectivity index (χ4n) is 0.861. The second kappa shape index (κ2) is 2.69. The molecule has 3 N–H and O–H groups in total. The molecule has 1 heterocycles. The van der Waals surface area contributed by atoms with Crippen molar-refractivity contribution in [3.05, 3.63) is 28.2 Å². The molecule has 0 atom stereocenters. The predicted molar refractivity (Wildman–Crippen MR) is 41.9 cm³/mol. The lowest BCUT2D eigenvalue weighted by molar-refractivity contribution is 0.0991. The van der Waals surface area contributed by atoms with Crippen LogP contribution in [0.4, 0.5) is 0 Å². The van der Waals surface area contributed by atoms with Crippen LogP contribution in [0.3, 0.4) is 0 Å². The van der Waals surface area contributed by atoms with E-state index in [0.29, 0.717) is 0 Å². The Hall–Kier alpha value is -1.78. The predicted octanol–water partition coefficient (Wildman–Crippen LogP) is -0.810. The monoisotopic (exact) mass is 168 g/mol. The highest BCUT2D eigenvalue weighted by Gasteiger charge is 2.06. The number of primary amides is 1. The van der Waals surface area contributed by atoms with Gasteiger partial charge < -0.3 is 15.4 Å². The third-order valence-corrected chi connectivity index (χ3v) is 1.47. The van der Waals surface area contributed by atoms with Gasteiger partial charge >= 0.3 is 0 Å². The molecule has 0 saturated carbocycles. The molecule has 0 bridgehead atoms. The molecule has 0 aromatic carbocycles. The van der Waals surface area contributed by atoms with Crippen LogP contribution in [0, 0.1) is 0 Å². The lowest BCUT2D eigenvalue weighted by Crippen LogP contribution is -2.20. The summed E-state index contributed by atoms with van der Waals surface area (Å²) in [7, 11) is 1.51. The molecule has 0 saturated heterocycles. The van der Waals surface area contributed by atoms with Gasteiger partial charge in [-0.2, -0.15) is 0 Å². The molecule has 1 amide bonds. The first-order chi connectivity index (χ1) is 5.52. The number of aromatic nitrogens is 1. The Morgan fingerprint density at radius 1 is 1.67 bits per heavy atom. The highest BCUT2D eigenvalue weighted by Crippen LogP contribution is 2.01. The highest BCUT2D eigenvalue weighted by atomic mass is 16.3. The Bertz CT molecular complexity index is 381. The molecule has 64 valence electrons. The maximum atomic E-state index is 10.8. The average Bonchev–Trinajstić information content (AvgIpc) is 1.96. The van der Waals surface area contributed by atoms with Crippen molar-refractivity contribution in [3.63, 3.8) is 0 Å². The quantitative estimate of drug-likeness (QED) is 0.575. The van der Waals surface area contributed by atoms with Gasteiger partial charge in [0.2, 0.25) is 5.43 Å². The minimum absolute atomic E-state index is 0.0674. The summed E-state index contributed by atoms with van der Waals surface area (Å²) in [6.45, 7) is 0. The lowest BCUT2D eigenvalue weighted by atomic mass is 10.3. The van der Waals surface area contributed by atoms with Gasteiger partial charge in [-0.15, -0.1) is 0 Å². The fraction of sp³-hybridized carbons (Fsp3) is 0.143. The molecule has 0 spiro atoms. The maximum Gasteiger partial charge on any atom is 0.265 e. The molecule has 0 aliphatic carbocycles. The topological polar surface area (TPSA) is 85.3 Å². The summed E-state index contributed by atoms with van der Waals surface area (Å²) in [5, 5.41) is 8.92. The summed E-state index contributed by atoms with van der Waals surface area (Å²) in [6, 6.07) is 0.998. The van der Waals surface area contributed by atoms with Gasteiger partial charge in [0, 0.05) is 13.1 Å². The molecule has 5 heteroatoms. The van der Waals surface area contributed by atoms with Crippen LogP contribution >= 0.6 is 0 Å². The average molecular weight is 168 g/mol. The van der Waals surface area contributed by atoms with Crippen molar-refractivity contribution in [2.45, 2.75) is 0 Å². The van der Waals surface area contributed by atoms with Crippen molar-refractivity contribution >= 4 is 5.91 Å². The van der Waals surface area contributed by atoms with Crippen LogP contribution in [-0.4, -0.2) is 15.6 Å². The summed E-state index contributed by atoms with van der Waals surface area (Å²) < 4.78 is 1.29. The molecule has 0 radical (unpaired) electrons. The van der Waals surface area contributed by atoms with Gasteiger partial charge in [0.1, 0.15) is 5.69 Å². The lowest BCUT2D eigenvalue weighted by Gasteiger charge is -2.03. The zero-order valence-electron chi connectivity index (χ0n) is 6.44. The Morgan fingerprint density at radius 3 is 2.75 bits per heavy atom. The molecular formula is C7H8N2O3. The fourth-order valence-corrected chi connectivity index (χ4v) is 0.861. The number of rotatable bonds is 1. The molecule has 0 aliphatic heterocycles. The van der Waals surface area contributed by atoms with Gasteiger partial charge in [-0.3, -0.25) is 9.59 Å². The second-order valence-corrected chi connectivity index (χ2v) is 2.38. The number of nitrogens with two attached hydrogens (primary N) is 1. The second-order valence-electron chi connectivity index (χ2n) is 2.38. The Kier molecular flexibility index (Phi) is 1.86. The van der Waals surface area contributed by atoms with Crippen molar-refractivity contribution in [3.8, 4) is 5.75 Å². The van der Waals surface area contributed by atoms with Crippen LogP contribution in [0.1, 0.15) is 10.5 Å². The van der Waals surface area contributed by atoms with Crippen molar-refractivity contribution in [2.75, 3.05) is 0 Å². The molecule has 1 aromatic heterocycles. The van der Waals surface area contributed by atoms with Gasteiger partial charge in [0.15, 0.2) is 5.75 Å². The van der Waals surface area contributed by atoms with E-state index in [1.54, 1.807) is 0 Å². The first-order valence-corrected chi connectivity index (χ1v) is 3.22. The van der Waals surface area contributed by atoms with Crippen LogP contribution in [0.5, 0.6) is 5.75 Å². The van der Waals surface area contributed by atoms with E-state index < -0.39 is 17.1 Å². The molecule has 1 aromatic rings. The minimum Gasteiger partial charge on any atom is -0.503 e. The largest absolute Gasteiger partial charge is 0.503 e. The number of aromatic hydroxyl groups is 1. The van der Waals surface area contributed by atoms with Gasteiger partial charge in [-0.05, 0) is 0 Å². The first kappa shape index (κ1) is 8.32. The number of carbonyl (C=O) groups is 1. The molecule has 0 unspecified atom stereocenters. The van der Waals surface area contributed by atoms with Gasteiger partial charge in [-0.1, -0.05) is 0 Å². The first-order valence-electron chi connectivity index (χ1n) is 3.22. The number of amides is 1. The van der Waals surface area contributed by atoms with Crippen molar-refractivity contribution in [2.24, 2.45) is 12.8 Å². The third-order valence-electron chi connectivity index (χ3n) is 1.47. The van der Waals surface area contributed by atoms with E-state index in [0.717, 1.165) is 12.3 Å². The Labute approximate surface area is 68.0 Å². The molecule has 0 aliphatic rings. The highest BCUT2D eigenvalue weighted by molar-refractivity contribution is 5.91. The Morgan fingerprint density at radius 2 is 2.25 bits per heavy atom. The zero-order valence-corrected chi connectivity index (χ0v) is 6.44. The molecule has 0 fully saturated rings. The molecular weight excluding hydrogens is 160 g/mol. The Balaban J connectivity index is 3.43. The van der Waals surface area contributed by atoms with Crippen LogP contribution in [0.2, 0.25) is 0 Å². The normalized spacial score (nSPS) is 9.75. The smallest absolute Gasteiger partial charge is 0.265 e. The number of hydrogen-bond acceptors (Lipinski definition) is 3. The standard InChI is InChI=1S/C7H8N2O3/c1-9-3-6(11)5(10)2-4(9)7(8)12/h2-3,11H,1H3,(H2,8,12). The number of hydrogen-bond donors (Lipinski definition) is 2. The summed E-state index contributed by atoms with van der Waals surface area (Å²) in [5.41, 5.74) is 4.41. The van der Waals surface area contributed by atoms with Gasteiger partial charge in [0.25, 0.3) is 5.91 Å². The molecule has 1 rings (SSSR count). The van der Waals surface area contributed by atoms with Crippen molar-refractivity contribution < 1.29 is 9.90 Å². The van der Waals surface area contributed by atoms with Gasteiger partial charge in [0.05, 0.1) is 6.20 Å². The van der Waals surface area contributed by atoms with E-state index in [9.17, 15) is 9.59 Å². The number of aryl methyl sites for hydroxylation is 1. The van der Waals surface area contributed by atoms with Crippen LogP contribution in [0.15, 0.2) is 17.1 Å². The zero-order chi connectivity index (χ0) is 9.30. The van der Waals surface area contributed by atoms with E-state index in [1.165, 1.54) is 11.6 Å². The van der Waals surface area contributed by atoms with Gasteiger partial charge in [-0.25, -0.2) is 0 Å². The summed E-state index contributed by atoms with van der Waals surface area (Å²) >= 11 is 0. The van der Waals surface area contributed by atoms with Crippen LogP contribution in [-0.2, 0) is 7.05 Å². The van der Waals surface area contributed by atoms with E-state index in [1.807, 2.05) is 0 Å². The third kappa shape index (κ3) is 1.29. The van der Waals surface area contributed by atoms with Crippen LogP contribution < -0.4 is 11.2 Å². The molecule has 12 heavy (non-hydrogen) atoms. The number of pyridine rings is 1. The van der Waals surface area contributed by atoms with Crippen molar-refractivity contribution in [1.29, 1.82) is 0 Å². The van der Waals surface area contributed by atoms with E-state index >= 15 is 0 Å². The summed E-state index contributed by atoms with van der Waals surface area (Å²) in [6.07, 6.45) is 1.14. The summed E-state index contributed by atoms with van der Waals surface area (Å²) in [5.74, 6) is -1.10. The van der Waals surface area contributed by atoms with E-state index in [4.69, 9.17) is 10.8 Å². The minimum atomic E-state index is -0.699. The van der Waals surface area contributed by atoms with E-state index in [-0.39, 0.29) is 5.69 Å². The maximum absolute atomic E-state index is 10.8. The van der Waals surface area contributed by atoms with Crippen LogP contribution in [0.25, 0.3) is 0 Å². The van der Waals surface area contributed by atoms with Crippen molar-refractivity contribution in [1.82, 2.24) is 4.57 Å². The summed E-state index contributed by atoms with van der Waals surface area (Å²) in [4.78, 5) is 21.5. The molecule has 5 nitrogen and oxygen atoms in total. The van der Waals surface area contributed by atoms with E-state index in [2.05, 4.69) is 0 Å².